The van der Waals surface area contributed by atoms with E-state index in [0.717, 1.165) is 0 Å². The van der Waals surface area contributed by atoms with Gasteiger partial charge in [0.05, 0.1) is 23.8 Å². The lowest BCUT2D eigenvalue weighted by atomic mass is 9.74. The molecule has 3 aromatic carbocycles. The maximum atomic E-state index is 13.7. The number of cyclic esters (lactones) is 1. The molecular formula is C30H24O10. The summed E-state index contributed by atoms with van der Waals surface area (Å²) in [5, 5.41) is 33.6. The maximum Gasteiger partial charge on any atom is 0.342 e. The molecular weight excluding hydrogens is 520 g/mol. The van der Waals surface area contributed by atoms with Crippen molar-refractivity contribution in [2.75, 3.05) is 7.11 Å². The molecule has 3 aromatic rings. The average molecular weight is 545 g/mol. The van der Waals surface area contributed by atoms with E-state index in [4.69, 9.17) is 14.2 Å². The molecule has 0 saturated carbocycles. The van der Waals surface area contributed by atoms with Crippen LogP contribution in [0.5, 0.6) is 23.0 Å². The van der Waals surface area contributed by atoms with Crippen LogP contribution >= 0.6 is 0 Å². The van der Waals surface area contributed by atoms with E-state index in [0.29, 0.717) is 17.5 Å². The Bertz CT molecular complexity index is 1700. The monoisotopic (exact) mass is 544 g/mol. The molecule has 2 atom stereocenters. The normalized spacial score (nSPS) is 18.5. The van der Waals surface area contributed by atoms with Crippen molar-refractivity contribution < 1.29 is 48.7 Å². The number of carbonyl (C=O) groups is 4. The number of hydrogen-bond acceptors (Lipinski definition) is 10. The Kier molecular flexibility index (Phi) is 5.62. The van der Waals surface area contributed by atoms with Crippen LogP contribution in [0.15, 0.2) is 24.3 Å². The van der Waals surface area contributed by atoms with Crippen LogP contribution < -0.4 is 4.74 Å². The van der Waals surface area contributed by atoms with E-state index in [1.165, 1.54) is 25.3 Å². The molecule has 0 saturated heterocycles. The Balaban J connectivity index is 1.73. The second-order valence-electron chi connectivity index (χ2n) is 10.0. The number of hydrogen-bond donors (Lipinski definition) is 3. The van der Waals surface area contributed by atoms with Crippen LogP contribution in [0.1, 0.15) is 85.3 Å². The Hall–Kier alpha value is -4.86. The van der Waals surface area contributed by atoms with Gasteiger partial charge in [-0.3, -0.25) is 14.4 Å². The van der Waals surface area contributed by atoms with Crippen LogP contribution in [0.2, 0.25) is 0 Å². The van der Waals surface area contributed by atoms with Gasteiger partial charge in [0.25, 0.3) is 0 Å². The molecule has 40 heavy (non-hydrogen) atoms. The standard InChI is InChI=1S/C30H24O10/c1-4-17(32)40-16-10-13-9-12-8-11(2)39-30(37)19(12)26(34)18(13)22-21(16)29(38-3)24-23(28(22)36)25(33)14-6-5-7-15(31)20(14)27(24)35/h5-7,9,11,16,31,34,36H,4,8,10H2,1-3H3/t11-,16-/m1/s1. The lowest BCUT2D eigenvalue weighted by molar-refractivity contribution is -0.149. The van der Waals surface area contributed by atoms with Crippen LogP contribution in [0.3, 0.4) is 0 Å². The van der Waals surface area contributed by atoms with Crippen molar-refractivity contribution in [1.29, 1.82) is 0 Å². The molecule has 0 unspecified atom stereocenters. The topological polar surface area (TPSA) is 157 Å². The number of phenolic OH excluding ortho intramolecular Hbond substituents is 3. The second kappa shape index (κ2) is 8.84. The minimum atomic E-state index is -1.07. The van der Waals surface area contributed by atoms with Crippen LogP contribution in [-0.4, -0.2) is 52.0 Å². The lowest BCUT2D eigenvalue weighted by Crippen LogP contribution is -2.28. The summed E-state index contributed by atoms with van der Waals surface area (Å²) in [5.41, 5.74) is -0.122. The summed E-state index contributed by atoms with van der Waals surface area (Å²) in [6.07, 6.45) is -1.10. The van der Waals surface area contributed by atoms with E-state index in [1.807, 2.05) is 0 Å². The van der Waals surface area contributed by atoms with E-state index >= 15 is 0 Å². The number of ketones is 2. The van der Waals surface area contributed by atoms with Gasteiger partial charge < -0.3 is 29.5 Å². The highest BCUT2D eigenvalue weighted by Gasteiger charge is 2.45. The molecule has 0 fully saturated rings. The third-order valence-electron chi connectivity index (χ3n) is 7.66. The smallest absolute Gasteiger partial charge is 0.342 e. The Labute approximate surface area is 227 Å². The van der Waals surface area contributed by atoms with Crippen LogP contribution in [-0.2, 0) is 27.1 Å². The lowest BCUT2D eigenvalue weighted by Gasteiger charge is -2.34. The van der Waals surface area contributed by atoms with E-state index in [9.17, 15) is 34.5 Å². The molecule has 3 N–H and O–H groups in total. The van der Waals surface area contributed by atoms with Crippen molar-refractivity contribution in [1.82, 2.24) is 0 Å². The predicted octanol–water partition coefficient (Wildman–Crippen LogP) is 3.91. The second-order valence-corrected chi connectivity index (χ2v) is 10.0. The van der Waals surface area contributed by atoms with E-state index < -0.39 is 53.0 Å². The average Bonchev–Trinajstić information content (AvgIpc) is 2.90. The van der Waals surface area contributed by atoms with Gasteiger partial charge in [-0.05, 0) is 24.1 Å². The summed E-state index contributed by atoms with van der Waals surface area (Å²) < 4.78 is 16.7. The number of rotatable bonds is 3. The van der Waals surface area contributed by atoms with Gasteiger partial charge in [0.15, 0.2) is 5.78 Å². The van der Waals surface area contributed by atoms with Gasteiger partial charge in [0.2, 0.25) is 5.78 Å². The number of phenols is 3. The first-order chi connectivity index (χ1) is 19.1. The predicted molar refractivity (Wildman–Crippen MR) is 138 cm³/mol. The van der Waals surface area contributed by atoms with E-state index in [1.54, 1.807) is 19.9 Å². The molecule has 0 bridgehead atoms. The number of benzene rings is 3. The van der Waals surface area contributed by atoms with E-state index in [2.05, 4.69) is 0 Å². The molecule has 0 spiro atoms. The van der Waals surface area contributed by atoms with Gasteiger partial charge >= 0.3 is 11.9 Å². The molecule has 10 nitrogen and oxygen atoms in total. The van der Waals surface area contributed by atoms with Gasteiger partial charge in [0, 0.05) is 41.5 Å². The maximum absolute atomic E-state index is 13.7. The summed E-state index contributed by atoms with van der Waals surface area (Å²) in [6.45, 7) is 3.33. The SMILES string of the molecule is CCC(=O)O[C@@H]1Cc2cc3c(c(O)c2-c2c(O)c4c(c(OC)c21)C(=O)c1c(O)cccc1C4=O)C(=O)O[C@H](C)C3. The van der Waals surface area contributed by atoms with E-state index in [-0.39, 0.29) is 63.1 Å². The molecule has 0 radical (unpaired) electrons. The summed E-state index contributed by atoms with van der Waals surface area (Å²) >= 11 is 0. The first-order valence-corrected chi connectivity index (χ1v) is 12.8. The minimum absolute atomic E-state index is 0.0247. The van der Waals surface area contributed by atoms with Crippen LogP contribution in [0.25, 0.3) is 11.1 Å². The first kappa shape index (κ1) is 25.4. The number of fused-ring (bicyclic) bond motifs is 6. The largest absolute Gasteiger partial charge is 0.507 e. The summed E-state index contributed by atoms with van der Waals surface area (Å²) in [4.78, 5) is 52.7. The minimum Gasteiger partial charge on any atom is -0.507 e. The zero-order chi connectivity index (χ0) is 28.6. The highest BCUT2D eigenvalue weighted by atomic mass is 16.5. The van der Waals surface area contributed by atoms with Crippen molar-refractivity contribution in [3.63, 3.8) is 0 Å². The third kappa shape index (κ3) is 3.35. The Morgan fingerprint density at radius 2 is 1.62 bits per heavy atom. The zero-order valence-corrected chi connectivity index (χ0v) is 21.8. The molecule has 1 aliphatic heterocycles. The molecule has 2 aliphatic carbocycles. The third-order valence-corrected chi connectivity index (χ3v) is 7.66. The molecule has 10 heteroatoms. The van der Waals surface area contributed by atoms with Crippen molar-refractivity contribution in [3.05, 3.63) is 68.8 Å². The molecule has 0 amide bonds. The van der Waals surface area contributed by atoms with Gasteiger partial charge in [-0.1, -0.05) is 25.1 Å². The van der Waals surface area contributed by atoms with Crippen molar-refractivity contribution in [2.24, 2.45) is 0 Å². The first-order valence-electron chi connectivity index (χ1n) is 12.8. The fourth-order valence-corrected chi connectivity index (χ4v) is 6.02. The number of esters is 2. The highest BCUT2D eigenvalue weighted by Crippen LogP contribution is 2.57. The number of methoxy groups -OCH3 is 1. The van der Waals surface area contributed by atoms with Crippen molar-refractivity contribution in [2.45, 2.75) is 45.3 Å². The highest BCUT2D eigenvalue weighted by molar-refractivity contribution is 6.32. The molecule has 6 rings (SSSR count). The summed E-state index contributed by atoms with van der Waals surface area (Å²) in [5.74, 6) is -4.51. The quantitative estimate of drug-likeness (QED) is 0.323. The number of aromatic hydroxyl groups is 3. The molecule has 204 valence electrons. The van der Waals surface area contributed by atoms with Crippen molar-refractivity contribution >= 4 is 23.5 Å². The fraction of sp³-hybridized carbons (Fsp3) is 0.267. The Morgan fingerprint density at radius 3 is 2.33 bits per heavy atom. The van der Waals surface area contributed by atoms with Gasteiger partial charge in [-0.25, -0.2) is 4.79 Å². The van der Waals surface area contributed by atoms with Crippen LogP contribution in [0.4, 0.5) is 0 Å². The van der Waals surface area contributed by atoms with Gasteiger partial charge in [0.1, 0.15) is 40.8 Å². The zero-order valence-electron chi connectivity index (χ0n) is 21.8. The molecule has 3 aliphatic rings. The van der Waals surface area contributed by atoms with Gasteiger partial charge in [-0.2, -0.15) is 0 Å². The summed E-state index contributed by atoms with van der Waals surface area (Å²) in [6, 6.07) is 5.72. The van der Waals surface area contributed by atoms with Crippen LogP contribution in [0, 0.1) is 0 Å². The fourth-order valence-electron chi connectivity index (χ4n) is 6.02. The number of ether oxygens (including phenoxy) is 3. The summed E-state index contributed by atoms with van der Waals surface area (Å²) in [7, 11) is 1.25. The van der Waals surface area contributed by atoms with Crippen molar-refractivity contribution in [3.8, 4) is 34.1 Å². The number of carbonyl (C=O) groups excluding carboxylic acids is 4. The molecule has 0 aromatic heterocycles. The van der Waals surface area contributed by atoms with Gasteiger partial charge in [-0.15, -0.1) is 0 Å². The Morgan fingerprint density at radius 1 is 0.925 bits per heavy atom. The molecule has 1 heterocycles.